The second-order valence-corrected chi connectivity index (χ2v) is 8.64. The van der Waals surface area contributed by atoms with Gasteiger partial charge in [-0.05, 0) is 65.3 Å². The van der Waals surface area contributed by atoms with Crippen molar-refractivity contribution in [2.45, 2.75) is 64.8 Å². The minimum atomic E-state index is -0.486. The van der Waals surface area contributed by atoms with E-state index in [9.17, 15) is 4.79 Å². The number of carbonyl (C=O) groups is 1. The third-order valence-corrected chi connectivity index (χ3v) is 5.56. The summed E-state index contributed by atoms with van der Waals surface area (Å²) in [6.07, 6.45) is 3.32. The normalized spacial score (nSPS) is 17.7. The van der Waals surface area contributed by atoms with Gasteiger partial charge in [0.05, 0.1) is 5.41 Å². The predicted molar refractivity (Wildman–Crippen MR) is 102 cm³/mol. The van der Waals surface area contributed by atoms with Crippen molar-refractivity contribution in [1.82, 2.24) is 4.90 Å². The summed E-state index contributed by atoms with van der Waals surface area (Å²) in [5.41, 5.74) is 0.717. The van der Waals surface area contributed by atoms with Crippen molar-refractivity contribution >= 4 is 17.7 Å². The lowest BCUT2D eigenvalue weighted by molar-refractivity contribution is -0.143. The van der Waals surface area contributed by atoms with E-state index in [1.807, 2.05) is 44.7 Å². The molecule has 0 fully saturated rings. The van der Waals surface area contributed by atoms with Crippen LogP contribution in [0, 0.1) is 5.41 Å². The molecule has 1 aliphatic heterocycles. The molecule has 0 N–H and O–H groups in total. The van der Waals surface area contributed by atoms with Crippen LogP contribution in [0.2, 0.25) is 0 Å². The number of hydrogen-bond donors (Lipinski definition) is 0. The summed E-state index contributed by atoms with van der Waals surface area (Å²) < 4.78 is 5.75. The predicted octanol–water partition coefficient (Wildman–Crippen LogP) is 4.78. The molecule has 1 unspecified atom stereocenters. The van der Waals surface area contributed by atoms with Crippen LogP contribution in [-0.2, 0) is 11.2 Å². The van der Waals surface area contributed by atoms with Crippen LogP contribution in [0.1, 0.15) is 53.0 Å². The summed E-state index contributed by atoms with van der Waals surface area (Å²) in [5.74, 6) is 1.70. The summed E-state index contributed by atoms with van der Waals surface area (Å²) in [7, 11) is 0. The summed E-state index contributed by atoms with van der Waals surface area (Å²) >= 11 is 1.89. The van der Waals surface area contributed by atoms with Gasteiger partial charge < -0.3 is 4.74 Å². The standard InChI is InChI=1S/C20H31NO2S/c1-6-11-21(12-7-2)15-13-16-17(23-19(22)20(3,4)5)9-8-10-18(16)24-14-15/h8-10,15H,6-7,11-14H2,1-5H3. The molecule has 1 aliphatic rings. The van der Waals surface area contributed by atoms with Gasteiger partial charge in [0.1, 0.15) is 5.75 Å². The highest BCUT2D eigenvalue weighted by atomic mass is 32.2. The quantitative estimate of drug-likeness (QED) is 0.546. The second-order valence-electron chi connectivity index (χ2n) is 7.58. The van der Waals surface area contributed by atoms with Gasteiger partial charge in [0.25, 0.3) is 0 Å². The molecule has 0 bridgehead atoms. The van der Waals surface area contributed by atoms with Crippen molar-refractivity contribution in [2.24, 2.45) is 5.41 Å². The van der Waals surface area contributed by atoms with E-state index in [1.165, 1.54) is 23.3 Å². The minimum absolute atomic E-state index is 0.165. The molecule has 4 heteroatoms. The smallest absolute Gasteiger partial charge is 0.316 e. The topological polar surface area (TPSA) is 29.5 Å². The molecular weight excluding hydrogens is 318 g/mol. The molecule has 3 nitrogen and oxygen atoms in total. The van der Waals surface area contributed by atoms with Crippen LogP contribution < -0.4 is 4.74 Å². The first-order chi connectivity index (χ1) is 11.4. The van der Waals surface area contributed by atoms with Gasteiger partial charge >= 0.3 is 5.97 Å². The van der Waals surface area contributed by atoms with Gasteiger partial charge in [-0.25, -0.2) is 0 Å². The number of carbonyl (C=O) groups excluding carboxylic acids is 1. The first kappa shape index (κ1) is 19.3. The Hall–Kier alpha value is -1.00. The highest BCUT2D eigenvalue weighted by molar-refractivity contribution is 7.99. The van der Waals surface area contributed by atoms with Crippen LogP contribution in [-0.4, -0.2) is 35.8 Å². The Morgan fingerprint density at radius 3 is 2.50 bits per heavy atom. The number of nitrogens with zero attached hydrogens (tertiary/aromatic N) is 1. The molecule has 24 heavy (non-hydrogen) atoms. The molecule has 0 radical (unpaired) electrons. The average molecular weight is 350 g/mol. The Labute approximate surface area is 151 Å². The van der Waals surface area contributed by atoms with Crippen molar-refractivity contribution in [3.8, 4) is 5.75 Å². The van der Waals surface area contributed by atoms with E-state index in [0.29, 0.717) is 6.04 Å². The van der Waals surface area contributed by atoms with E-state index in [0.717, 1.165) is 31.0 Å². The van der Waals surface area contributed by atoms with Crippen LogP contribution in [0.4, 0.5) is 0 Å². The monoisotopic (exact) mass is 349 g/mol. The lowest BCUT2D eigenvalue weighted by Crippen LogP contribution is -2.41. The summed E-state index contributed by atoms with van der Waals surface area (Å²) in [6, 6.07) is 6.61. The Morgan fingerprint density at radius 1 is 1.25 bits per heavy atom. The minimum Gasteiger partial charge on any atom is -0.426 e. The van der Waals surface area contributed by atoms with Crippen molar-refractivity contribution in [3.63, 3.8) is 0 Å². The molecule has 0 aliphatic carbocycles. The maximum absolute atomic E-state index is 12.3. The second kappa shape index (κ2) is 8.39. The number of ether oxygens (including phenoxy) is 1. The van der Waals surface area contributed by atoms with Gasteiger partial charge in [-0.3, -0.25) is 9.69 Å². The Kier molecular flexibility index (Phi) is 6.76. The largest absolute Gasteiger partial charge is 0.426 e. The van der Waals surface area contributed by atoms with Crippen LogP contribution in [0.3, 0.4) is 0 Å². The van der Waals surface area contributed by atoms with Crippen LogP contribution in [0.25, 0.3) is 0 Å². The molecule has 1 aromatic carbocycles. The zero-order valence-electron chi connectivity index (χ0n) is 15.7. The number of hydrogen-bond acceptors (Lipinski definition) is 4. The number of rotatable bonds is 6. The van der Waals surface area contributed by atoms with Crippen LogP contribution >= 0.6 is 11.8 Å². The summed E-state index contributed by atoms with van der Waals surface area (Å²) in [5, 5.41) is 0. The fourth-order valence-corrected chi connectivity index (χ4v) is 4.23. The van der Waals surface area contributed by atoms with Gasteiger partial charge in [-0.1, -0.05) is 19.9 Å². The SMILES string of the molecule is CCCN(CCC)C1CSc2cccc(OC(=O)C(C)(C)C)c2C1. The van der Waals surface area contributed by atoms with Crippen LogP contribution in [0.15, 0.2) is 23.1 Å². The number of benzene rings is 1. The zero-order chi connectivity index (χ0) is 17.7. The third kappa shape index (κ3) is 4.76. The van der Waals surface area contributed by atoms with E-state index in [-0.39, 0.29) is 5.97 Å². The zero-order valence-corrected chi connectivity index (χ0v) is 16.5. The van der Waals surface area contributed by atoms with E-state index < -0.39 is 5.41 Å². The molecule has 0 spiro atoms. The van der Waals surface area contributed by atoms with E-state index in [2.05, 4.69) is 24.8 Å². The van der Waals surface area contributed by atoms with E-state index in [4.69, 9.17) is 4.74 Å². The first-order valence-electron chi connectivity index (χ1n) is 9.07. The van der Waals surface area contributed by atoms with Crippen molar-refractivity contribution < 1.29 is 9.53 Å². The molecule has 1 aromatic rings. The summed E-state index contributed by atoms with van der Waals surface area (Å²) in [6.45, 7) is 12.4. The summed E-state index contributed by atoms with van der Waals surface area (Å²) in [4.78, 5) is 16.2. The highest BCUT2D eigenvalue weighted by Crippen LogP contribution is 2.38. The fourth-order valence-electron chi connectivity index (χ4n) is 3.00. The molecule has 134 valence electrons. The lowest BCUT2D eigenvalue weighted by Gasteiger charge is -2.35. The molecule has 0 saturated heterocycles. The average Bonchev–Trinajstić information content (AvgIpc) is 2.53. The number of thioether (sulfide) groups is 1. The molecular formula is C20H31NO2S. The fraction of sp³-hybridized carbons (Fsp3) is 0.650. The maximum atomic E-state index is 12.3. The van der Waals surface area contributed by atoms with Crippen molar-refractivity contribution in [1.29, 1.82) is 0 Å². The van der Waals surface area contributed by atoms with Crippen molar-refractivity contribution in [2.75, 3.05) is 18.8 Å². The Balaban J connectivity index is 2.21. The Morgan fingerprint density at radius 2 is 1.92 bits per heavy atom. The van der Waals surface area contributed by atoms with Crippen LogP contribution in [0.5, 0.6) is 5.75 Å². The molecule has 1 heterocycles. The van der Waals surface area contributed by atoms with Gasteiger partial charge in [0.2, 0.25) is 0 Å². The lowest BCUT2D eigenvalue weighted by atomic mass is 9.97. The molecule has 0 amide bonds. The van der Waals surface area contributed by atoms with Gasteiger partial charge in [0.15, 0.2) is 0 Å². The number of esters is 1. The van der Waals surface area contributed by atoms with E-state index in [1.54, 1.807) is 0 Å². The molecule has 2 rings (SSSR count). The maximum Gasteiger partial charge on any atom is 0.316 e. The third-order valence-electron chi connectivity index (χ3n) is 4.31. The Bertz CT molecular complexity index is 559. The molecule has 0 saturated carbocycles. The van der Waals surface area contributed by atoms with Gasteiger partial charge in [-0.2, -0.15) is 0 Å². The molecule has 0 aromatic heterocycles. The first-order valence-corrected chi connectivity index (χ1v) is 10.1. The van der Waals surface area contributed by atoms with Crippen molar-refractivity contribution in [3.05, 3.63) is 23.8 Å². The van der Waals surface area contributed by atoms with E-state index >= 15 is 0 Å². The van der Waals surface area contributed by atoms with Gasteiger partial charge in [-0.15, -0.1) is 11.8 Å². The van der Waals surface area contributed by atoms with Gasteiger partial charge in [0, 0.05) is 22.3 Å². The molecule has 1 atom stereocenters. The number of fused-ring (bicyclic) bond motifs is 1. The highest BCUT2D eigenvalue weighted by Gasteiger charge is 2.29.